The first-order valence-electron chi connectivity index (χ1n) is 11.7. The fourth-order valence-corrected chi connectivity index (χ4v) is 5.02. The highest BCUT2D eigenvalue weighted by Crippen LogP contribution is 2.32. The highest BCUT2D eigenvalue weighted by atomic mass is 32.2. The molecule has 1 fully saturated rings. The first-order chi connectivity index (χ1) is 18.3. The molecule has 1 aliphatic rings. The molecule has 0 bridgehead atoms. The summed E-state index contributed by atoms with van der Waals surface area (Å²) in [5.74, 6) is 1.13. The molecule has 1 saturated heterocycles. The number of nitrogens with zero attached hydrogens (tertiary/aromatic N) is 6. The molecule has 5 rings (SSSR count). The van der Waals surface area contributed by atoms with Crippen LogP contribution < -0.4 is 9.64 Å². The van der Waals surface area contributed by atoms with Crippen LogP contribution in [0, 0.1) is 6.92 Å². The summed E-state index contributed by atoms with van der Waals surface area (Å²) in [6.45, 7) is 4.27. The van der Waals surface area contributed by atoms with E-state index in [1.54, 1.807) is 18.0 Å². The van der Waals surface area contributed by atoms with Crippen molar-refractivity contribution in [1.82, 2.24) is 14.8 Å². The largest absolute Gasteiger partial charge is 0.573 e. The molecule has 1 atom stereocenters. The standard InChI is InChI=1S/C27H23F3N6OS/c1-18-5-3-4-6-24(18)36-19(2)16-38-26(36)33-32-15-20-7-9-21(10-8-20)25-31-17-35(34-25)22-11-13-23(14-12-22)37-27(28,29)30/h3-15,17,19H,16H2,1-2H3. The molecule has 0 radical (unpaired) electrons. The summed E-state index contributed by atoms with van der Waals surface area (Å²) in [6.07, 6.45) is -1.53. The van der Waals surface area contributed by atoms with E-state index < -0.39 is 6.36 Å². The number of aromatic nitrogens is 3. The minimum Gasteiger partial charge on any atom is -0.406 e. The molecule has 7 nitrogen and oxygen atoms in total. The Balaban J connectivity index is 1.26. The van der Waals surface area contributed by atoms with E-state index in [4.69, 9.17) is 0 Å². The molecular formula is C27H23F3N6OS. The van der Waals surface area contributed by atoms with Crippen molar-refractivity contribution in [1.29, 1.82) is 0 Å². The molecule has 1 aliphatic heterocycles. The molecule has 194 valence electrons. The Hall–Kier alpha value is -4.12. The number of amidine groups is 1. The number of aryl methyl sites for hydroxylation is 1. The van der Waals surface area contributed by atoms with Crippen LogP contribution in [-0.4, -0.2) is 44.3 Å². The number of hydrogen-bond donors (Lipinski definition) is 0. The predicted octanol–water partition coefficient (Wildman–Crippen LogP) is 6.47. The molecule has 0 saturated carbocycles. The van der Waals surface area contributed by atoms with Gasteiger partial charge in [0.25, 0.3) is 0 Å². The molecule has 2 heterocycles. The summed E-state index contributed by atoms with van der Waals surface area (Å²) >= 11 is 1.69. The van der Waals surface area contributed by atoms with E-state index >= 15 is 0 Å². The van der Waals surface area contributed by atoms with Crippen LogP contribution in [0.25, 0.3) is 17.1 Å². The lowest BCUT2D eigenvalue weighted by Crippen LogP contribution is -2.31. The van der Waals surface area contributed by atoms with E-state index in [1.807, 2.05) is 36.4 Å². The number of rotatable bonds is 6. The van der Waals surface area contributed by atoms with Crippen molar-refractivity contribution in [3.8, 4) is 22.8 Å². The van der Waals surface area contributed by atoms with Crippen molar-refractivity contribution < 1.29 is 17.9 Å². The van der Waals surface area contributed by atoms with E-state index in [0.29, 0.717) is 17.6 Å². The SMILES string of the molecule is Cc1ccccc1N1C(=NN=Cc2ccc(-c3ncn(-c4ccc(OC(F)(F)F)cc4)n3)cc2)SCC1C. The Kier molecular flexibility index (Phi) is 7.19. The van der Waals surface area contributed by atoms with Crippen LogP contribution in [0.3, 0.4) is 0 Å². The third kappa shape index (κ3) is 5.88. The smallest absolute Gasteiger partial charge is 0.406 e. The van der Waals surface area contributed by atoms with Crippen LogP contribution in [0.1, 0.15) is 18.1 Å². The quantitative estimate of drug-likeness (QED) is 0.209. The lowest BCUT2D eigenvalue weighted by atomic mass is 10.1. The number of benzene rings is 3. The second-order valence-electron chi connectivity index (χ2n) is 8.62. The maximum atomic E-state index is 12.4. The van der Waals surface area contributed by atoms with Crippen LogP contribution in [0.2, 0.25) is 0 Å². The Morgan fingerprint density at radius 1 is 1.03 bits per heavy atom. The van der Waals surface area contributed by atoms with Gasteiger partial charge in [0.1, 0.15) is 12.1 Å². The Labute approximate surface area is 221 Å². The molecule has 4 aromatic rings. The van der Waals surface area contributed by atoms with Gasteiger partial charge in [-0.1, -0.05) is 54.2 Å². The number of hydrogen-bond acceptors (Lipinski definition) is 6. The minimum absolute atomic E-state index is 0.298. The third-order valence-corrected chi connectivity index (χ3v) is 7.01. The van der Waals surface area contributed by atoms with E-state index in [9.17, 15) is 13.2 Å². The van der Waals surface area contributed by atoms with Gasteiger partial charge < -0.3 is 9.64 Å². The Bertz CT molecular complexity index is 1470. The fourth-order valence-electron chi connectivity index (χ4n) is 3.96. The number of alkyl halides is 3. The van der Waals surface area contributed by atoms with Crippen molar-refractivity contribution in [2.24, 2.45) is 10.2 Å². The molecule has 0 spiro atoms. The van der Waals surface area contributed by atoms with Crippen molar-refractivity contribution in [2.75, 3.05) is 10.7 Å². The molecule has 38 heavy (non-hydrogen) atoms. The summed E-state index contributed by atoms with van der Waals surface area (Å²) in [7, 11) is 0. The van der Waals surface area contributed by atoms with Crippen molar-refractivity contribution >= 4 is 28.8 Å². The van der Waals surface area contributed by atoms with Gasteiger partial charge in [-0.15, -0.1) is 23.4 Å². The van der Waals surface area contributed by atoms with Crippen LogP contribution in [0.4, 0.5) is 18.9 Å². The summed E-state index contributed by atoms with van der Waals surface area (Å²) in [5.41, 5.74) is 4.55. The molecular weight excluding hydrogens is 513 g/mol. The first-order valence-corrected chi connectivity index (χ1v) is 12.7. The second-order valence-corrected chi connectivity index (χ2v) is 9.61. The molecule has 0 N–H and O–H groups in total. The molecule has 1 unspecified atom stereocenters. The molecule has 3 aromatic carbocycles. The molecule has 11 heteroatoms. The van der Waals surface area contributed by atoms with E-state index in [2.05, 4.69) is 55.9 Å². The van der Waals surface area contributed by atoms with Gasteiger partial charge in [0.05, 0.1) is 11.9 Å². The van der Waals surface area contributed by atoms with E-state index in [1.165, 1.54) is 40.8 Å². The van der Waals surface area contributed by atoms with Gasteiger partial charge in [0.2, 0.25) is 0 Å². The maximum Gasteiger partial charge on any atom is 0.573 e. The van der Waals surface area contributed by atoms with Gasteiger partial charge in [-0.25, -0.2) is 9.67 Å². The van der Waals surface area contributed by atoms with Gasteiger partial charge >= 0.3 is 6.36 Å². The number of thioether (sulfide) groups is 1. The van der Waals surface area contributed by atoms with Crippen molar-refractivity contribution in [3.05, 3.63) is 90.3 Å². The summed E-state index contributed by atoms with van der Waals surface area (Å²) in [6, 6.07) is 21.5. The lowest BCUT2D eigenvalue weighted by molar-refractivity contribution is -0.274. The molecule has 0 aliphatic carbocycles. The maximum absolute atomic E-state index is 12.4. The zero-order chi connectivity index (χ0) is 26.7. The van der Waals surface area contributed by atoms with Crippen molar-refractivity contribution in [2.45, 2.75) is 26.3 Å². The number of ether oxygens (including phenoxy) is 1. The van der Waals surface area contributed by atoms with Crippen LogP contribution in [-0.2, 0) is 0 Å². The number of halogens is 3. The summed E-state index contributed by atoms with van der Waals surface area (Å²) < 4.78 is 42.5. The first kappa shape index (κ1) is 25.5. The summed E-state index contributed by atoms with van der Waals surface area (Å²) in [4.78, 5) is 6.54. The minimum atomic E-state index is -4.73. The van der Waals surface area contributed by atoms with Gasteiger partial charge in [0.15, 0.2) is 11.0 Å². The molecule has 1 aromatic heterocycles. The normalized spacial score (nSPS) is 17.0. The van der Waals surface area contributed by atoms with Crippen LogP contribution in [0.15, 0.2) is 89.3 Å². The second kappa shape index (κ2) is 10.7. The van der Waals surface area contributed by atoms with Gasteiger partial charge in [0, 0.05) is 23.0 Å². The van der Waals surface area contributed by atoms with Gasteiger partial charge in [-0.2, -0.15) is 5.10 Å². The average Bonchev–Trinajstić information content (AvgIpc) is 3.52. The summed E-state index contributed by atoms with van der Waals surface area (Å²) in [5, 5.41) is 14.1. The van der Waals surface area contributed by atoms with E-state index in [-0.39, 0.29) is 5.75 Å². The number of para-hydroxylation sites is 1. The average molecular weight is 537 g/mol. The Morgan fingerprint density at radius 3 is 2.47 bits per heavy atom. The predicted molar refractivity (Wildman–Crippen MR) is 144 cm³/mol. The highest BCUT2D eigenvalue weighted by molar-refractivity contribution is 8.14. The zero-order valence-electron chi connectivity index (χ0n) is 20.5. The van der Waals surface area contributed by atoms with Gasteiger partial charge in [-0.3, -0.25) is 0 Å². The van der Waals surface area contributed by atoms with Gasteiger partial charge in [-0.05, 0) is 55.3 Å². The Morgan fingerprint density at radius 2 is 1.76 bits per heavy atom. The third-order valence-electron chi connectivity index (χ3n) is 5.82. The highest BCUT2D eigenvalue weighted by Gasteiger charge is 2.31. The lowest BCUT2D eigenvalue weighted by Gasteiger charge is -2.24. The zero-order valence-corrected chi connectivity index (χ0v) is 21.3. The monoisotopic (exact) mass is 536 g/mol. The van der Waals surface area contributed by atoms with Crippen LogP contribution >= 0.6 is 11.8 Å². The molecule has 0 amide bonds. The van der Waals surface area contributed by atoms with Crippen molar-refractivity contribution in [3.63, 3.8) is 0 Å². The fraction of sp³-hybridized carbons (Fsp3) is 0.185. The number of anilines is 1. The van der Waals surface area contributed by atoms with E-state index in [0.717, 1.165) is 27.7 Å². The topological polar surface area (TPSA) is 67.9 Å². The van der Waals surface area contributed by atoms with Crippen LogP contribution in [0.5, 0.6) is 5.75 Å².